The summed E-state index contributed by atoms with van der Waals surface area (Å²) in [5.41, 5.74) is 1.26. The van der Waals surface area contributed by atoms with Gasteiger partial charge in [0.25, 0.3) is 0 Å². The van der Waals surface area contributed by atoms with Gasteiger partial charge in [0, 0.05) is 5.56 Å². The third-order valence-electron chi connectivity index (χ3n) is 2.42. The fraction of sp³-hybridized carbons (Fsp3) is 0.231. The summed E-state index contributed by atoms with van der Waals surface area (Å²) < 4.78 is 5.31. The van der Waals surface area contributed by atoms with Gasteiger partial charge in [-0.25, -0.2) is 9.78 Å². The first-order chi connectivity index (χ1) is 8.09. The van der Waals surface area contributed by atoms with Gasteiger partial charge >= 0.3 is 5.97 Å². The van der Waals surface area contributed by atoms with E-state index < -0.39 is 5.97 Å². The molecule has 0 bridgehead atoms. The molecular weight excluding hydrogens is 218 g/mol. The number of carboxylic acid groups (broad SMARTS) is 1. The Bertz CT molecular complexity index is 529. The minimum absolute atomic E-state index is 0.0160. The molecule has 0 amide bonds. The highest BCUT2D eigenvalue weighted by Gasteiger charge is 2.22. The van der Waals surface area contributed by atoms with Crippen molar-refractivity contribution in [2.45, 2.75) is 19.8 Å². The fourth-order valence-electron chi connectivity index (χ4n) is 1.58. The zero-order chi connectivity index (χ0) is 12.4. The van der Waals surface area contributed by atoms with E-state index in [1.165, 1.54) is 0 Å². The zero-order valence-electron chi connectivity index (χ0n) is 9.68. The van der Waals surface area contributed by atoms with E-state index in [4.69, 9.17) is 9.52 Å². The number of nitrogens with zero attached hydrogens (tertiary/aromatic N) is 1. The van der Waals surface area contributed by atoms with Gasteiger partial charge in [-0.15, -0.1) is 0 Å². The number of benzene rings is 1. The molecule has 2 rings (SSSR count). The van der Waals surface area contributed by atoms with Gasteiger partial charge in [0.05, 0.1) is 5.69 Å². The molecular formula is C13H13NO3. The van der Waals surface area contributed by atoms with Gasteiger partial charge in [-0.2, -0.15) is 0 Å². The van der Waals surface area contributed by atoms with Crippen molar-refractivity contribution in [1.29, 1.82) is 0 Å². The van der Waals surface area contributed by atoms with Crippen LogP contribution < -0.4 is 0 Å². The van der Waals surface area contributed by atoms with Crippen LogP contribution in [0.1, 0.15) is 36.0 Å². The predicted molar refractivity (Wildman–Crippen MR) is 63.0 cm³/mol. The summed E-state index contributed by atoms with van der Waals surface area (Å²) in [6, 6.07) is 9.26. The molecule has 88 valence electrons. The molecule has 2 aromatic rings. The Morgan fingerprint density at radius 2 is 1.94 bits per heavy atom. The maximum absolute atomic E-state index is 11.0. The summed E-state index contributed by atoms with van der Waals surface area (Å²) in [5, 5.41) is 9.04. The molecule has 0 fully saturated rings. The summed E-state index contributed by atoms with van der Waals surface area (Å²) in [6.07, 6.45) is 0. The summed E-state index contributed by atoms with van der Waals surface area (Å²) in [4.78, 5) is 15.3. The molecule has 1 aromatic heterocycles. The first kappa shape index (κ1) is 11.4. The lowest BCUT2D eigenvalue weighted by Gasteiger charge is -1.98. The molecule has 1 heterocycles. The van der Waals surface area contributed by atoms with Crippen LogP contribution in [-0.4, -0.2) is 16.1 Å². The Balaban J connectivity index is 2.51. The molecule has 4 nitrogen and oxygen atoms in total. The Hall–Kier alpha value is -2.10. The summed E-state index contributed by atoms with van der Waals surface area (Å²) in [5.74, 6) is -0.781. The van der Waals surface area contributed by atoms with E-state index >= 15 is 0 Å². The van der Waals surface area contributed by atoms with Gasteiger partial charge in [-0.1, -0.05) is 32.0 Å². The average molecular weight is 231 g/mol. The minimum Gasteiger partial charge on any atom is -0.475 e. The molecule has 4 heteroatoms. The van der Waals surface area contributed by atoms with Crippen LogP contribution in [0.4, 0.5) is 0 Å². The van der Waals surface area contributed by atoms with E-state index in [2.05, 4.69) is 4.98 Å². The Morgan fingerprint density at radius 1 is 1.29 bits per heavy atom. The molecule has 0 spiro atoms. The van der Waals surface area contributed by atoms with Crippen molar-refractivity contribution in [3.8, 4) is 11.5 Å². The van der Waals surface area contributed by atoms with Gasteiger partial charge in [0.2, 0.25) is 11.7 Å². The number of rotatable bonds is 3. The number of aromatic carboxylic acids is 1. The topological polar surface area (TPSA) is 63.3 Å². The first-order valence-corrected chi connectivity index (χ1v) is 5.39. The van der Waals surface area contributed by atoms with E-state index in [0.717, 1.165) is 5.56 Å². The lowest BCUT2D eigenvalue weighted by molar-refractivity contribution is 0.0661. The average Bonchev–Trinajstić information content (AvgIpc) is 2.75. The molecule has 1 N–H and O–H groups in total. The van der Waals surface area contributed by atoms with Gasteiger partial charge in [0.1, 0.15) is 0 Å². The monoisotopic (exact) mass is 231 g/mol. The number of carbonyl (C=O) groups is 1. The lowest BCUT2D eigenvalue weighted by atomic mass is 10.1. The van der Waals surface area contributed by atoms with Gasteiger partial charge in [-0.3, -0.25) is 0 Å². The van der Waals surface area contributed by atoms with E-state index in [0.29, 0.717) is 11.6 Å². The molecule has 0 unspecified atom stereocenters. The quantitative estimate of drug-likeness (QED) is 0.881. The van der Waals surface area contributed by atoms with Crippen molar-refractivity contribution in [3.63, 3.8) is 0 Å². The highest BCUT2D eigenvalue weighted by molar-refractivity contribution is 5.86. The van der Waals surface area contributed by atoms with Crippen LogP contribution in [-0.2, 0) is 0 Å². The molecule has 0 radical (unpaired) electrons. The maximum atomic E-state index is 11.0. The van der Waals surface area contributed by atoms with Crippen molar-refractivity contribution in [2.24, 2.45) is 0 Å². The van der Waals surface area contributed by atoms with Crippen molar-refractivity contribution in [1.82, 2.24) is 4.98 Å². The SMILES string of the molecule is CC(C)c1nc(-c2ccccc2)oc1C(=O)O. The summed E-state index contributed by atoms with van der Waals surface area (Å²) >= 11 is 0. The molecule has 0 aliphatic carbocycles. The second-order valence-electron chi connectivity index (χ2n) is 4.06. The van der Waals surface area contributed by atoms with E-state index in [1.54, 1.807) is 0 Å². The standard InChI is InChI=1S/C13H13NO3/c1-8(2)10-11(13(15)16)17-12(14-10)9-6-4-3-5-7-9/h3-8H,1-2H3,(H,15,16). The number of carboxylic acids is 1. The molecule has 17 heavy (non-hydrogen) atoms. The Labute approximate surface area is 98.9 Å². The summed E-state index contributed by atoms with van der Waals surface area (Å²) in [6.45, 7) is 3.78. The Morgan fingerprint density at radius 3 is 2.41 bits per heavy atom. The normalized spacial score (nSPS) is 10.8. The Kier molecular flexibility index (Phi) is 2.95. The first-order valence-electron chi connectivity index (χ1n) is 5.39. The third-order valence-corrected chi connectivity index (χ3v) is 2.42. The highest BCUT2D eigenvalue weighted by atomic mass is 16.4. The van der Waals surface area contributed by atoms with Gasteiger partial charge in [0.15, 0.2) is 0 Å². The van der Waals surface area contributed by atoms with Crippen LogP contribution in [0.2, 0.25) is 0 Å². The smallest absolute Gasteiger partial charge is 0.373 e. The number of aromatic nitrogens is 1. The van der Waals surface area contributed by atoms with Crippen molar-refractivity contribution in [2.75, 3.05) is 0 Å². The van der Waals surface area contributed by atoms with Gasteiger partial charge < -0.3 is 9.52 Å². The van der Waals surface area contributed by atoms with Crippen LogP contribution >= 0.6 is 0 Å². The van der Waals surface area contributed by atoms with E-state index in [9.17, 15) is 4.79 Å². The third kappa shape index (κ3) is 2.20. The van der Waals surface area contributed by atoms with Crippen molar-refractivity contribution >= 4 is 5.97 Å². The van der Waals surface area contributed by atoms with E-state index in [-0.39, 0.29) is 11.7 Å². The van der Waals surface area contributed by atoms with Crippen LogP contribution in [0.15, 0.2) is 34.7 Å². The molecule has 1 aromatic carbocycles. The van der Waals surface area contributed by atoms with Crippen LogP contribution in [0.5, 0.6) is 0 Å². The van der Waals surface area contributed by atoms with Crippen molar-refractivity contribution < 1.29 is 14.3 Å². The van der Waals surface area contributed by atoms with Crippen LogP contribution in [0.3, 0.4) is 0 Å². The summed E-state index contributed by atoms with van der Waals surface area (Å²) in [7, 11) is 0. The number of hydrogen-bond acceptors (Lipinski definition) is 3. The fourth-order valence-corrected chi connectivity index (χ4v) is 1.58. The molecule has 0 saturated carbocycles. The molecule has 0 atom stereocenters. The second kappa shape index (κ2) is 4.41. The predicted octanol–water partition coefficient (Wildman–Crippen LogP) is 3.16. The minimum atomic E-state index is -1.08. The zero-order valence-corrected chi connectivity index (χ0v) is 9.68. The van der Waals surface area contributed by atoms with E-state index in [1.807, 2.05) is 44.2 Å². The van der Waals surface area contributed by atoms with Crippen LogP contribution in [0, 0.1) is 0 Å². The number of hydrogen-bond donors (Lipinski definition) is 1. The molecule has 0 aliphatic rings. The lowest BCUT2D eigenvalue weighted by Crippen LogP contribution is -2.01. The van der Waals surface area contributed by atoms with Crippen LogP contribution in [0.25, 0.3) is 11.5 Å². The van der Waals surface area contributed by atoms with Gasteiger partial charge in [-0.05, 0) is 18.1 Å². The molecule has 0 saturated heterocycles. The second-order valence-corrected chi connectivity index (χ2v) is 4.06. The molecule has 0 aliphatic heterocycles. The highest BCUT2D eigenvalue weighted by Crippen LogP contribution is 2.26. The largest absolute Gasteiger partial charge is 0.475 e. The number of oxazole rings is 1. The maximum Gasteiger partial charge on any atom is 0.373 e. The van der Waals surface area contributed by atoms with Crippen molar-refractivity contribution in [3.05, 3.63) is 41.8 Å².